The number of ether oxygens (including phenoxy) is 3. The lowest BCUT2D eigenvalue weighted by atomic mass is 10.0. The second kappa shape index (κ2) is 8.89. The van der Waals surface area contributed by atoms with Crippen LogP contribution in [0.5, 0.6) is 5.75 Å². The molecule has 0 aromatic heterocycles. The number of fused-ring (bicyclic) bond motifs is 1. The predicted octanol–water partition coefficient (Wildman–Crippen LogP) is 3.45. The topological polar surface area (TPSA) is 73.9 Å². The van der Waals surface area contributed by atoms with E-state index < -0.39 is 12.1 Å². The highest BCUT2D eigenvalue weighted by Crippen LogP contribution is 2.26. The van der Waals surface area contributed by atoms with Crippen LogP contribution in [-0.4, -0.2) is 25.8 Å². The Balaban J connectivity index is 1.70. The van der Waals surface area contributed by atoms with Gasteiger partial charge in [-0.3, -0.25) is 5.32 Å². The first-order valence-corrected chi connectivity index (χ1v) is 8.69. The van der Waals surface area contributed by atoms with Crippen LogP contribution in [0.15, 0.2) is 54.2 Å². The summed E-state index contributed by atoms with van der Waals surface area (Å²) in [5.41, 5.74) is 2.70. The van der Waals surface area contributed by atoms with Gasteiger partial charge in [0.1, 0.15) is 18.1 Å². The molecule has 2 aromatic rings. The quantitative estimate of drug-likeness (QED) is 0.647. The number of hydrogen-bond donors (Lipinski definition) is 1. The molecule has 6 heteroatoms. The minimum absolute atomic E-state index is 0.00670. The summed E-state index contributed by atoms with van der Waals surface area (Å²) >= 11 is 0. The largest absolute Gasteiger partial charge is 0.493 e. The number of benzene rings is 2. The van der Waals surface area contributed by atoms with Crippen LogP contribution >= 0.6 is 0 Å². The summed E-state index contributed by atoms with van der Waals surface area (Å²) < 4.78 is 15.5. The molecule has 1 N–H and O–H groups in total. The fraction of sp³-hybridized carbons (Fsp3) is 0.238. The Hall–Kier alpha value is -3.28. The van der Waals surface area contributed by atoms with Crippen LogP contribution in [0.1, 0.15) is 23.1 Å². The summed E-state index contributed by atoms with van der Waals surface area (Å²) in [6.45, 7) is 0.821. The fourth-order valence-electron chi connectivity index (χ4n) is 2.76. The summed E-state index contributed by atoms with van der Waals surface area (Å²) in [5, 5.41) is 2.46. The third-order valence-corrected chi connectivity index (χ3v) is 4.10. The summed E-state index contributed by atoms with van der Waals surface area (Å²) in [5.74, 6) is 0.203. The Bertz CT molecular complexity index is 845. The highest BCUT2D eigenvalue weighted by Gasteiger charge is 2.16. The van der Waals surface area contributed by atoms with Gasteiger partial charge in [-0.15, -0.1) is 0 Å². The van der Waals surface area contributed by atoms with Gasteiger partial charge in [-0.2, -0.15) is 0 Å². The van der Waals surface area contributed by atoms with Crippen molar-refractivity contribution in [1.29, 1.82) is 0 Å². The lowest BCUT2D eigenvalue weighted by Gasteiger charge is -2.17. The van der Waals surface area contributed by atoms with Crippen LogP contribution in [0, 0.1) is 0 Å². The molecule has 1 aliphatic heterocycles. The molecule has 0 atom stereocenters. The number of carbonyl (C=O) groups excluding carboxylic acids is 2. The van der Waals surface area contributed by atoms with E-state index in [2.05, 4.69) is 5.32 Å². The zero-order valence-corrected chi connectivity index (χ0v) is 15.1. The van der Waals surface area contributed by atoms with Crippen LogP contribution in [0.25, 0.3) is 6.08 Å². The Morgan fingerprint density at radius 1 is 1.19 bits per heavy atom. The third-order valence-electron chi connectivity index (χ3n) is 4.10. The zero-order valence-electron chi connectivity index (χ0n) is 15.1. The number of methoxy groups -OCH3 is 1. The normalized spacial score (nSPS) is 13.1. The maximum absolute atomic E-state index is 12.1. The van der Waals surface area contributed by atoms with Crippen molar-refractivity contribution in [2.24, 2.45) is 0 Å². The lowest BCUT2D eigenvalue weighted by Crippen LogP contribution is -2.28. The van der Waals surface area contributed by atoms with Crippen LogP contribution in [0.2, 0.25) is 0 Å². The van der Waals surface area contributed by atoms with Gasteiger partial charge >= 0.3 is 12.1 Å². The molecule has 1 amide bonds. The van der Waals surface area contributed by atoms with Crippen molar-refractivity contribution in [3.8, 4) is 5.75 Å². The molecule has 1 aliphatic rings. The van der Waals surface area contributed by atoms with Gasteiger partial charge in [-0.05, 0) is 47.7 Å². The van der Waals surface area contributed by atoms with E-state index in [4.69, 9.17) is 14.2 Å². The van der Waals surface area contributed by atoms with Gasteiger partial charge in [0.25, 0.3) is 0 Å². The minimum Gasteiger partial charge on any atom is -0.493 e. The van der Waals surface area contributed by atoms with Crippen LogP contribution < -0.4 is 10.1 Å². The van der Waals surface area contributed by atoms with Crippen molar-refractivity contribution in [3.63, 3.8) is 0 Å². The van der Waals surface area contributed by atoms with Crippen LogP contribution in [0.3, 0.4) is 0 Å². The van der Waals surface area contributed by atoms with Crippen LogP contribution in [0.4, 0.5) is 4.79 Å². The molecular weight excluding hydrogens is 346 g/mol. The molecular formula is C21H21NO5. The standard InChI is InChI=1S/C21H21NO5/c1-25-20(23)18(22-21(24)27-14-15-6-3-2-4-7-15)13-16-9-10-19-17(12-16)8-5-11-26-19/h2-4,6-7,9-10,12-13H,5,8,11,14H2,1H3,(H,22,24)/b18-13-. The van der Waals surface area contributed by atoms with Gasteiger partial charge < -0.3 is 14.2 Å². The van der Waals surface area contributed by atoms with Crippen molar-refractivity contribution >= 4 is 18.1 Å². The monoisotopic (exact) mass is 367 g/mol. The molecule has 0 saturated heterocycles. The third kappa shape index (κ3) is 5.10. The first kappa shape index (κ1) is 18.5. The molecule has 0 aliphatic carbocycles. The number of rotatable bonds is 5. The SMILES string of the molecule is COC(=O)/C(=C/c1ccc2c(c1)CCCO2)NC(=O)OCc1ccccc1. The molecule has 0 spiro atoms. The van der Waals surface area contributed by atoms with Gasteiger partial charge in [0.2, 0.25) is 0 Å². The second-order valence-corrected chi connectivity index (χ2v) is 6.06. The minimum atomic E-state index is -0.725. The number of hydrogen-bond acceptors (Lipinski definition) is 5. The van der Waals surface area contributed by atoms with Crippen molar-refractivity contribution in [2.75, 3.05) is 13.7 Å². The Kier molecular flexibility index (Phi) is 6.10. The second-order valence-electron chi connectivity index (χ2n) is 6.06. The molecule has 0 bridgehead atoms. The van der Waals surface area contributed by atoms with E-state index in [9.17, 15) is 9.59 Å². The van der Waals surface area contributed by atoms with E-state index in [0.29, 0.717) is 6.61 Å². The van der Waals surface area contributed by atoms with Gasteiger partial charge in [0.15, 0.2) is 0 Å². The van der Waals surface area contributed by atoms with Crippen molar-refractivity contribution in [1.82, 2.24) is 5.32 Å². The lowest BCUT2D eigenvalue weighted by molar-refractivity contribution is -0.136. The summed E-state index contributed by atoms with van der Waals surface area (Å²) in [4.78, 5) is 24.1. The molecule has 0 radical (unpaired) electrons. The van der Waals surface area contributed by atoms with E-state index in [1.54, 1.807) is 6.08 Å². The highest BCUT2D eigenvalue weighted by atomic mass is 16.6. The Morgan fingerprint density at radius 2 is 2.00 bits per heavy atom. The first-order chi connectivity index (χ1) is 13.2. The molecule has 0 fully saturated rings. The zero-order chi connectivity index (χ0) is 19.1. The average Bonchev–Trinajstić information content (AvgIpc) is 2.72. The van der Waals surface area contributed by atoms with E-state index in [0.717, 1.165) is 35.3 Å². The number of esters is 1. The van der Waals surface area contributed by atoms with Crippen molar-refractivity contribution < 1.29 is 23.8 Å². The summed E-state index contributed by atoms with van der Waals surface area (Å²) in [7, 11) is 1.26. The van der Waals surface area contributed by atoms with E-state index >= 15 is 0 Å². The molecule has 0 saturated carbocycles. The molecule has 140 valence electrons. The number of alkyl carbamates (subject to hydrolysis) is 1. The maximum Gasteiger partial charge on any atom is 0.412 e. The Morgan fingerprint density at radius 3 is 2.78 bits per heavy atom. The predicted molar refractivity (Wildman–Crippen MR) is 100 cm³/mol. The van der Waals surface area contributed by atoms with Gasteiger partial charge in [0, 0.05) is 0 Å². The van der Waals surface area contributed by atoms with E-state index in [-0.39, 0.29) is 12.3 Å². The average molecular weight is 367 g/mol. The molecule has 0 unspecified atom stereocenters. The van der Waals surface area contributed by atoms with Crippen molar-refractivity contribution in [2.45, 2.75) is 19.4 Å². The fourth-order valence-corrected chi connectivity index (χ4v) is 2.76. The first-order valence-electron chi connectivity index (χ1n) is 8.69. The maximum atomic E-state index is 12.1. The summed E-state index contributed by atoms with van der Waals surface area (Å²) in [6.07, 6.45) is 2.70. The smallest absolute Gasteiger partial charge is 0.412 e. The van der Waals surface area contributed by atoms with Gasteiger partial charge in [0.05, 0.1) is 13.7 Å². The molecule has 1 heterocycles. The number of amides is 1. The van der Waals surface area contributed by atoms with Gasteiger partial charge in [-0.1, -0.05) is 36.4 Å². The van der Waals surface area contributed by atoms with E-state index in [1.165, 1.54) is 7.11 Å². The molecule has 3 rings (SSSR count). The van der Waals surface area contributed by atoms with Crippen molar-refractivity contribution in [3.05, 3.63) is 70.9 Å². The van der Waals surface area contributed by atoms with Crippen LogP contribution in [-0.2, 0) is 27.3 Å². The number of aryl methyl sites for hydroxylation is 1. The van der Waals surface area contributed by atoms with Gasteiger partial charge in [-0.25, -0.2) is 9.59 Å². The molecule has 2 aromatic carbocycles. The summed E-state index contributed by atoms with van der Waals surface area (Å²) in [6, 6.07) is 14.9. The molecule has 6 nitrogen and oxygen atoms in total. The highest BCUT2D eigenvalue weighted by molar-refractivity contribution is 5.96. The Labute approximate surface area is 157 Å². The molecule has 27 heavy (non-hydrogen) atoms. The number of nitrogens with one attached hydrogen (secondary N) is 1. The van der Waals surface area contributed by atoms with E-state index in [1.807, 2.05) is 48.5 Å². The number of carbonyl (C=O) groups is 2.